The van der Waals surface area contributed by atoms with Gasteiger partial charge in [-0.05, 0) is 25.1 Å². The summed E-state index contributed by atoms with van der Waals surface area (Å²) < 4.78 is 44.8. The topological polar surface area (TPSA) is 154 Å². The number of benzene rings is 1. The summed E-state index contributed by atoms with van der Waals surface area (Å²) in [5, 5.41) is 15.6. The molecular formula is C22H25F3N6O7S. The number of cyclic esters (lactones) is 1. The predicted molar refractivity (Wildman–Crippen MR) is 133 cm³/mol. The van der Waals surface area contributed by atoms with E-state index in [1.165, 1.54) is 24.6 Å². The van der Waals surface area contributed by atoms with Crippen molar-refractivity contribution < 1.29 is 47.0 Å². The van der Waals surface area contributed by atoms with E-state index >= 15 is 4.39 Å². The van der Waals surface area contributed by atoms with E-state index in [1.54, 1.807) is 11.8 Å². The maximum absolute atomic E-state index is 15.1. The quantitative estimate of drug-likeness (QED) is 0.325. The molecule has 13 nitrogen and oxygen atoms in total. The number of nitrogens with one attached hydrogen (secondary N) is 2. The molecule has 0 bridgehead atoms. The highest BCUT2D eigenvalue weighted by atomic mass is 32.1. The van der Waals surface area contributed by atoms with Crippen molar-refractivity contribution in [1.82, 2.24) is 15.4 Å². The van der Waals surface area contributed by atoms with E-state index in [9.17, 15) is 28.0 Å². The molecule has 0 unspecified atom stereocenters. The van der Waals surface area contributed by atoms with Crippen molar-refractivity contribution in [2.75, 3.05) is 55.0 Å². The number of aromatic nitrogens is 1. The molecule has 3 rings (SSSR count). The molecule has 1 saturated heterocycles. The Hall–Kier alpha value is -4.12. The first-order valence-electron chi connectivity index (χ1n) is 11.4. The van der Waals surface area contributed by atoms with E-state index in [1.807, 2.05) is 5.32 Å². The number of thiazole rings is 1. The number of carboxylic acid groups (broad SMARTS) is 1. The molecule has 0 saturated carbocycles. The third-order valence-electron chi connectivity index (χ3n) is 5.50. The molecule has 0 spiro atoms. The Labute approximate surface area is 224 Å². The molecule has 1 aromatic heterocycles. The van der Waals surface area contributed by atoms with Crippen molar-refractivity contribution in [1.29, 1.82) is 0 Å². The summed E-state index contributed by atoms with van der Waals surface area (Å²) in [4.78, 5) is 58.3. The second-order valence-electron chi connectivity index (χ2n) is 7.94. The van der Waals surface area contributed by atoms with Crippen LogP contribution >= 0.6 is 11.3 Å². The van der Waals surface area contributed by atoms with Gasteiger partial charge in [-0.2, -0.15) is 8.78 Å². The first-order chi connectivity index (χ1) is 18.5. The monoisotopic (exact) mass is 574 g/mol. The maximum Gasteiger partial charge on any atom is 0.414 e. The SMILES string of the molecule is CCN(CCN(OC)C(=O)Nc1nc(C(=O)O)cs1)c1ccc(N2C[C@H](CNC(=O)C(F)F)OC2=O)cc1F. The van der Waals surface area contributed by atoms with Gasteiger partial charge in [0, 0.05) is 18.5 Å². The zero-order chi connectivity index (χ0) is 28.7. The summed E-state index contributed by atoms with van der Waals surface area (Å²) in [6.45, 7) is 1.86. The minimum absolute atomic E-state index is 0.000996. The molecule has 2 aromatic rings. The molecular weight excluding hydrogens is 549 g/mol. The second-order valence-corrected chi connectivity index (χ2v) is 8.79. The van der Waals surface area contributed by atoms with Gasteiger partial charge in [0.1, 0.15) is 11.9 Å². The number of likely N-dealkylation sites (N-methyl/N-ethyl adjacent to an activating group) is 1. The number of urea groups is 1. The van der Waals surface area contributed by atoms with Crippen molar-refractivity contribution in [3.63, 3.8) is 0 Å². The van der Waals surface area contributed by atoms with Gasteiger partial charge >= 0.3 is 24.5 Å². The van der Waals surface area contributed by atoms with E-state index < -0.39 is 42.3 Å². The Morgan fingerprint density at radius 2 is 2.08 bits per heavy atom. The van der Waals surface area contributed by atoms with Gasteiger partial charge in [0.2, 0.25) is 0 Å². The number of ether oxygens (including phenoxy) is 1. The highest BCUT2D eigenvalue weighted by molar-refractivity contribution is 7.14. The summed E-state index contributed by atoms with van der Waals surface area (Å²) in [5.41, 5.74) is 0.130. The number of hydrogen-bond donors (Lipinski definition) is 3. The molecule has 0 aliphatic carbocycles. The smallest absolute Gasteiger partial charge is 0.414 e. The van der Waals surface area contributed by atoms with Gasteiger partial charge in [-0.3, -0.25) is 19.8 Å². The number of hydrogen-bond acceptors (Lipinski definition) is 9. The van der Waals surface area contributed by atoms with Crippen LogP contribution in [0.4, 0.5) is 39.3 Å². The molecule has 1 aliphatic rings. The van der Waals surface area contributed by atoms with Crippen LogP contribution in [0, 0.1) is 5.82 Å². The molecule has 1 aromatic carbocycles. The van der Waals surface area contributed by atoms with Crippen LogP contribution in [-0.2, 0) is 14.4 Å². The standard InChI is InChI=1S/C22H25F3N6O7S/c1-3-29(6-7-31(37-2)21(35)28-20-27-15(11-39-20)19(33)34)16-5-4-12(8-14(16)23)30-10-13(38-22(30)36)9-26-18(32)17(24)25/h4-5,8,11,13,17H,3,6-7,9-10H2,1-2H3,(H,26,32)(H,33,34)(H,27,28,35)/t13-/m0/s1. The van der Waals surface area contributed by atoms with Crippen molar-refractivity contribution in [2.24, 2.45) is 0 Å². The van der Waals surface area contributed by atoms with Gasteiger partial charge in [-0.15, -0.1) is 11.3 Å². The average molecular weight is 575 g/mol. The number of rotatable bonds is 12. The van der Waals surface area contributed by atoms with Gasteiger partial charge < -0.3 is 20.1 Å². The number of carboxylic acids is 1. The molecule has 1 fully saturated rings. The van der Waals surface area contributed by atoms with Crippen molar-refractivity contribution in [3.8, 4) is 0 Å². The van der Waals surface area contributed by atoms with Gasteiger partial charge in [0.25, 0.3) is 5.91 Å². The maximum atomic E-state index is 15.1. The molecule has 4 amide bonds. The molecule has 39 heavy (non-hydrogen) atoms. The van der Waals surface area contributed by atoms with Crippen LogP contribution in [0.2, 0.25) is 0 Å². The van der Waals surface area contributed by atoms with E-state index in [0.29, 0.717) is 6.54 Å². The van der Waals surface area contributed by atoms with Crippen LogP contribution in [0.25, 0.3) is 0 Å². The number of hydroxylamine groups is 2. The van der Waals surface area contributed by atoms with Crippen LogP contribution in [0.15, 0.2) is 23.6 Å². The summed E-state index contributed by atoms with van der Waals surface area (Å²) in [7, 11) is 1.26. The molecule has 0 radical (unpaired) electrons. The fraction of sp³-hybridized carbons (Fsp3) is 0.409. The average Bonchev–Trinajstić information content (AvgIpc) is 3.52. The first kappa shape index (κ1) is 29.4. The lowest BCUT2D eigenvalue weighted by molar-refractivity contribution is -0.132. The fourth-order valence-corrected chi connectivity index (χ4v) is 4.24. The Bertz CT molecular complexity index is 1220. The number of halogens is 3. The number of alkyl halides is 2. The summed E-state index contributed by atoms with van der Waals surface area (Å²) >= 11 is 0.927. The second kappa shape index (κ2) is 13.1. The van der Waals surface area contributed by atoms with Crippen LogP contribution in [0.5, 0.6) is 0 Å². The van der Waals surface area contributed by atoms with E-state index in [0.717, 1.165) is 27.4 Å². The lowest BCUT2D eigenvalue weighted by Gasteiger charge is -2.27. The van der Waals surface area contributed by atoms with Crippen LogP contribution in [0.1, 0.15) is 17.4 Å². The summed E-state index contributed by atoms with van der Waals surface area (Å²) in [6.07, 6.45) is -4.90. The van der Waals surface area contributed by atoms with Crippen LogP contribution in [-0.4, -0.2) is 91.5 Å². The highest BCUT2D eigenvalue weighted by Gasteiger charge is 2.33. The Morgan fingerprint density at radius 3 is 2.67 bits per heavy atom. The Morgan fingerprint density at radius 1 is 1.33 bits per heavy atom. The third kappa shape index (κ3) is 7.47. The van der Waals surface area contributed by atoms with Crippen molar-refractivity contribution in [2.45, 2.75) is 19.5 Å². The van der Waals surface area contributed by atoms with Gasteiger partial charge in [-0.1, -0.05) is 0 Å². The number of aromatic carboxylic acids is 1. The lowest BCUT2D eigenvalue weighted by atomic mass is 10.2. The van der Waals surface area contributed by atoms with Crippen LogP contribution < -0.4 is 20.4 Å². The van der Waals surface area contributed by atoms with Crippen molar-refractivity contribution >= 4 is 51.8 Å². The fourth-order valence-electron chi connectivity index (χ4n) is 3.57. The number of anilines is 3. The zero-order valence-electron chi connectivity index (χ0n) is 20.7. The number of carbonyl (C=O) groups is 4. The lowest BCUT2D eigenvalue weighted by Crippen LogP contribution is -2.40. The zero-order valence-corrected chi connectivity index (χ0v) is 21.5. The van der Waals surface area contributed by atoms with Gasteiger partial charge in [0.05, 0.1) is 38.1 Å². The van der Waals surface area contributed by atoms with Gasteiger partial charge in [-0.25, -0.2) is 28.8 Å². The summed E-state index contributed by atoms with van der Waals surface area (Å²) in [5.74, 6) is -3.39. The van der Waals surface area contributed by atoms with Crippen molar-refractivity contribution in [3.05, 3.63) is 35.1 Å². The Kier molecular flexibility index (Phi) is 9.89. The van der Waals surface area contributed by atoms with E-state index in [2.05, 4.69) is 10.3 Å². The number of amides is 4. The normalized spacial score (nSPS) is 14.8. The molecule has 1 aliphatic heterocycles. The van der Waals surface area contributed by atoms with E-state index in [-0.39, 0.29) is 48.4 Å². The van der Waals surface area contributed by atoms with Crippen LogP contribution in [0.3, 0.4) is 0 Å². The molecule has 2 heterocycles. The highest BCUT2D eigenvalue weighted by Crippen LogP contribution is 2.28. The molecule has 212 valence electrons. The minimum atomic E-state index is -3.20. The van der Waals surface area contributed by atoms with Gasteiger partial charge in [0.15, 0.2) is 10.8 Å². The third-order valence-corrected chi connectivity index (χ3v) is 6.26. The Balaban J connectivity index is 1.60. The molecule has 1 atom stereocenters. The van der Waals surface area contributed by atoms with E-state index in [4.69, 9.17) is 14.7 Å². The number of carbonyl (C=O) groups excluding carboxylic acids is 3. The molecule has 17 heteroatoms. The number of nitrogens with zero attached hydrogens (tertiary/aromatic N) is 4. The summed E-state index contributed by atoms with van der Waals surface area (Å²) in [6, 6.07) is 3.32. The minimum Gasteiger partial charge on any atom is -0.476 e. The predicted octanol–water partition coefficient (Wildman–Crippen LogP) is 2.61. The largest absolute Gasteiger partial charge is 0.476 e. The molecule has 3 N–H and O–H groups in total. The first-order valence-corrected chi connectivity index (χ1v) is 12.3.